The summed E-state index contributed by atoms with van der Waals surface area (Å²) in [4.78, 5) is 16.2. The molecule has 1 N–H and O–H groups in total. The van der Waals surface area contributed by atoms with Crippen molar-refractivity contribution in [2.75, 3.05) is 0 Å². The summed E-state index contributed by atoms with van der Waals surface area (Å²) >= 11 is 0. The quantitative estimate of drug-likeness (QED) is 0.809. The fourth-order valence-corrected chi connectivity index (χ4v) is 1.69. The van der Waals surface area contributed by atoms with Gasteiger partial charge in [-0.05, 0) is 20.3 Å². The maximum atomic E-state index is 11.7. The molecule has 0 atom stereocenters. The summed E-state index contributed by atoms with van der Waals surface area (Å²) in [6.45, 7) is 6.00. The van der Waals surface area contributed by atoms with Crippen molar-refractivity contribution in [2.45, 2.75) is 33.6 Å². The van der Waals surface area contributed by atoms with Crippen LogP contribution in [0.5, 0.6) is 0 Å². The van der Waals surface area contributed by atoms with Gasteiger partial charge in [0.25, 0.3) is 5.56 Å². The van der Waals surface area contributed by atoms with Gasteiger partial charge in [-0.1, -0.05) is 13.3 Å². The lowest BCUT2D eigenvalue weighted by atomic mass is 10.2. The average molecular weight is 205 g/mol. The molecule has 4 nitrogen and oxygen atoms in total. The van der Waals surface area contributed by atoms with Crippen molar-refractivity contribution in [1.29, 1.82) is 0 Å². The number of nitrogens with zero attached hydrogens (tertiary/aromatic N) is 2. The second-order valence-corrected chi connectivity index (χ2v) is 3.86. The summed E-state index contributed by atoms with van der Waals surface area (Å²) in [7, 11) is 0. The van der Waals surface area contributed by atoms with Crippen LogP contribution in [0.15, 0.2) is 10.9 Å². The van der Waals surface area contributed by atoms with E-state index in [4.69, 9.17) is 0 Å². The zero-order valence-corrected chi connectivity index (χ0v) is 9.29. The fourth-order valence-electron chi connectivity index (χ4n) is 1.69. The second kappa shape index (κ2) is 3.53. The lowest BCUT2D eigenvalue weighted by Crippen LogP contribution is -2.15. The van der Waals surface area contributed by atoms with Gasteiger partial charge in [0.05, 0.1) is 0 Å². The molecule has 0 fully saturated rings. The summed E-state index contributed by atoms with van der Waals surface area (Å²) in [5.74, 6) is 0. The highest BCUT2D eigenvalue weighted by atomic mass is 16.1. The van der Waals surface area contributed by atoms with E-state index < -0.39 is 0 Å². The van der Waals surface area contributed by atoms with Crippen LogP contribution < -0.4 is 5.56 Å². The monoisotopic (exact) mass is 205 g/mol. The summed E-state index contributed by atoms with van der Waals surface area (Å²) in [6, 6.07) is 1.60. The molecule has 80 valence electrons. The van der Waals surface area contributed by atoms with Crippen molar-refractivity contribution < 1.29 is 0 Å². The van der Waals surface area contributed by atoms with Gasteiger partial charge in [0.2, 0.25) is 0 Å². The molecule has 0 amide bonds. The van der Waals surface area contributed by atoms with E-state index in [1.807, 2.05) is 13.8 Å². The summed E-state index contributed by atoms with van der Waals surface area (Å²) in [5, 5.41) is 3.01. The normalized spacial score (nSPS) is 11.1. The molecule has 0 saturated heterocycles. The summed E-state index contributed by atoms with van der Waals surface area (Å²) in [6.07, 6.45) is 1.86. The number of nitrogens with one attached hydrogen (secondary N) is 1. The van der Waals surface area contributed by atoms with E-state index in [-0.39, 0.29) is 5.56 Å². The molecule has 0 spiro atoms. The first-order valence-corrected chi connectivity index (χ1v) is 5.21. The highest BCUT2D eigenvalue weighted by molar-refractivity contribution is 5.49. The Kier molecular flexibility index (Phi) is 2.34. The average Bonchev–Trinajstić information content (AvgIpc) is 2.46. The van der Waals surface area contributed by atoms with Crippen molar-refractivity contribution in [3.63, 3.8) is 0 Å². The molecule has 0 unspecified atom stereocenters. The predicted molar refractivity (Wildman–Crippen MR) is 59.3 cm³/mol. The van der Waals surface area contributed by atoms with E-state index in [2.05, 4.69) is 17.0 Å². The van der Waals surface area contributed by atoms with Gasteiger partial charge in [-0.3, -0.25) is 9.89 Å². The molecule has 4 heteroatoms. The molecule has 2 heterocycles. The predicted octanol–water partition coefficient (Wildman–Crippen LogP) is 1.59. The fraction of sp³-hybridized carbons (Fsp3) is 0.455. The Morgan fingerprint density at radius 1 is 1.47 bits per heavy atom. The van der Waals surface area contributed by atoms with Crippen molar-refractivity contribution in [2.24, 2.45) is 0 Å². The summed E-state index contributed by atoms with van der Waals surface area (Å²) < 4.78 is 1.50. The topological polar surface area (TPSA) is 50.2 Å². The van der Waals surface area contributed by atoms with Crippen molar-refractivity contribution in [3.05, 3.63) is 33.4 Å². The van der Waals surface area contributed by atoms with Crippen molar-refractivity contribution in [3.8, 4) is 0 Å². The standard InChI is InChI=1S/C11H15N3O/c1-4-5-9-6-10(15)14-11(12-9)7(2)8(3)13-14/h6,13H,4-5H2,1-3H3. The number of rotatable bonds is 2. The Hall–Kier alpha value is -1.58. The lowest BCUT2D eigenvalue weighted by Gasteiger charge is -1.98. The Morgan fingerprint density at radius 2 is 2.20 bits per heavy atom. The third-order valence-electron chi connectivity index (χ3n) is 2.66. The molecule has 0 saturated carbocycles. The first-order chi connectivity index (χ1) is 7.13. The molecule has 15 heavy (non-hydrogen) atoms. The molecule has 0 radical (unpaired) electrons. The smallest absolute Gasteiger partial charge is 0.272 e. The Balaban J connectivity index is 2.74. The number of fused-ring (bicyclic) bond motifs is 1. The minimum absolute atomic E-state index is 0.0281. The summed E-state index contributed by atoms with van der Waals surface area (Å²) in [5.41, 5.74) is 3.64. The SMILES string of the molecule is CCCc1cc(=O)n2[nH]c(C)c(C)c2n1. The number of aromatic amines is 1. The molecule has 0 aliphatic rings. The van der Waals surface area contributed by atoms with E-state index in [0.717, 1.165) is 35.4 Å². The van der Waals surface area contributed by atoms with Crippen LogP contribution in [0.4, 0.5) is 0 Å². The number of hydrogen-bond acceptors (Lipinski definition) is 2. The Morgan fingerprint density at radius 3 is 2.87 bits per heavy atom. The van der Waals surface area contributed by atoms with E-state index >= 15 is 0 Å². The minimum atomic E-state index is -0.0281. The van der Waals surface area contributed by atoms with E-state index in [0.29, 0.717) is 0 Å². The van der Waals surface area contributed by atoms with Crippen LogP contribution in [-0.2, 0) is 6.42 Å². The molecular weight excluding hydrogens is 190 g/mol. The van der Waals surface area contributed by atoms with Gasteiger partial charge in [0.1, 0.15) is 0 Å². The van der Waals surface area contributed by atoms with Gasteiger partial charge >= 0.3 is 0 Å². The maximum absolute atomic E-state index is 11.7. The molecule has 0 aliphatic carbocycles. The van der Waals surface area contributed by atoms with Crippen LogP contribution in [0, 0.1) is 13.8 Å². The Labute approximate surface area is 87.9 Å². The van der Waals surface area contributed by atoms with Crippen LogP contribution in [-0.4, -0.2) is 14.6 Å². The number of H-pyrrole nitrogens is 1. The van der Waals surface area contributed by atoms with Crippen LogP contribution in [0.3, 0.4) is 0 Å². The third-order valence-corrected chi connectivity index (χ3v) is 2.66. The zero-order chi connectivity index (χ0) is 11.0. The van der Waals surface area contributed by atoms with E-state index in [1.54, 1.807) is 6.07 Å². The molecule has 0 aromatic carbocycles. The molecule has 0 aliphatic heterocycles. The molecular formula is C11H15N3O. The maximum Gasteiger partial charge on any atom is 0.272 e. The first-order valence-electron chi connectivity index (χ1n) is 5.21. The number of hydrogen-bond donors (Lipinski definition) is 1. The van der Waals surface area contributed by atoms with Crippen molar-refractivity contribution >= 4 is 5.65 Å². The van der Waals surface area contributed by atoms with Crippen LogP contribution in [0.1, 0.15) is 30.3 Å². The molecule has 2 aromatic heterocycles. The van der Waals surface area contributed by atoms with Crippen molar-refractivity contribution in [1.82, 2.24) is 14.6 Å². The number of aromatic nitrogens is 3. The van der Waals surface area contributed by atoms with Gasteiger partial charge in [-0.15, -0.1) is 0 Å². The first kappa shape index (κ1) is 9.96. The molecule has 2 rings (SSSR count). The zero-order valence-electron chi connectivity index (χ0n) is 9.29. The van der Waals surface area contributed by atoms with Crippen LogP contribution >= 0.6 is 0 Å². The van der Waals surface area contributed by atoms with Crippen LogP contribution in [0.25, 0.3) is 5.65 Å². The van der Waals surface area contributed by atoms with Gasteiger partial charge < -0.3 is 0 Å². The highest BCUT2D eigenvalue weighted by Gasteiger charge is 2.08. The van der Waals surface area contributed by atoms with Gasteiger partial charge in [0, 0.05) is 23.0 Å². The Bertz CT molecular complexity index is 551. The minimum Gasteiger partial charge on any atom is -0.294 e. The lowest BCUT2D eigenvalue weighted by molar-refractivity contribution is 0.833. The van der Waals surface area contributed by atoms with E-state index in [9.17, 15) is 4.79 Å². The number of aryl methyl sites for hydroxylation is 3. The van der Waals surface area contributed by atoms with Crippen LogP contribution in [0.2, 0.25) is 0 Å². The molecule has 2 aromatic rings. The van der Waals surface area contributed by atoms with Gasteiger partial charge in [-0.2, -0.15) is 0 Å². The van der Waals surface area contributed by atoms with Gasteiger partial charge in [-0.25, -0.2) is 9.50 Å². The second-order valence-electron chi connectivity index (χ2n) is 3.86. The third kappa shape index (κ3) is 1.56. The van der Waals surface area contributed by atoms with Gasteiger partial charge in [0.15, 0.2) is 5.65 Å². The largest absolute Gasteiger partial charge is 0.294 e. The molecule has 0 bridgehead atoms. The van der Waals surface area contributed by atoms with E-state index in [1.165, 1.54) is 4.52 Å². The highest BCUT2D eigenvalue weighted by Crippen LogP contribution is 2.10.